The normalized spacial score (nSPS) is 10.5. The van der Waals surface area contributed by atoms with Gasteiger partial charge in [0.05, 0.1) is 24.3 Å². The Morgan fingerprint density at radius 3 is 1.29 bits per heavy atom. The lowest BCUT2D eigenvalue weighted by atomic mass is 10.2. The van der Waals surface area contributed by atoms with Gasteiger partial charge < -0.3 is 18.9 Å². The van der Waals surface area contributed by atoms with Gasteiger partial charge in [-0.1, -0.05) is 13.8 Å². The fourth-order valence-corrected chi connectivity index (χ4v) is 2.84. The van der Waals surface area contributed by atoms with Crippen molar-refractivity contribution in [2.24, 2.45) is 0 Å². The van der Waals surface area contributed by atoms with Crippen molar-refractivity contribution >= 4 is 11.9 Å². The molecule has 0 fully saturated rings. The van der Waals surface area contributed by atoms with E-state index in [1.165, 1.54) is 48.5 Å². The predicted molar refractivity (Wildman–Crippen MR) is 121 cm³/mol. The first-order valence-electron chi connectivity index (χ1n) is 10.8. The van der Waals surface area contributed by atoms with Gasteiger partial charge in [-0.25, -0.2) is 18.4 Å². The third-order valence-electron chi connectivity index (χ3n) is 4.51. The Kier molecular flexibility index (Phi) is 8.56. The molecule has 34 heavy (non-hydrogen) atoms. The number of hydrogen-bond acceptors (Lipinski definition) is 6. The van der Waals surface area contributed by atoms with Gasteiger partial charge in [0.15, 0.2) is 0 Å². The molecule has 6 nitrogen and oxygen atoms in total. The fourth-order valence-electron chi connectivity index (χ4n) is 2.84. The van der Waals surface area contributed by atoms with E-state index in [0.717, 1.165) is 25.0 Å². The SMILES string of the molecule is CCCOc1ccc(C(=O)Oc2ccc(OC(=O)c3ccc(OCCC)cc3F)cc2)c(F)c1. The molecule has 0 saturated carbocycles. The molecule has 3 rings (SSSR count). The summed E-state index contributed by atoms with van der Waals surface area (Å²) in [6.45, 7) is 4.72. The van der Waals surface area contributed by atoms with Crippen LogP contribution in [0.5, 0.6) is 23.0 Å². The zero-order chi connectivity index (χ0) is 24.5. The monoisotopic (exact) mass is 470 g/mol. The van der Waals surface area contributed by atoms with Crippen molar-refractivity contribution in [2.45, 2.75) is 26.7 Å². The highest BCUT2D eigenvalue weighted by atomic mass is 19.1. The standard InChI is InChI=1S/C26H24F2O6/c1-3-13-31-19-9-11-21(23(27)15-19)25(29)33-17-5-7-18(8-6-17)34-26(30)22-12-10-20(16-24(22)28)32-14-4-2/h5-12,15-16H,3-4,13-14H2,1-2H3. The molecule has 0 amide bonds. The van der Waals surface area contributed by atoms with E-state index in [0.29, 0.717) is 24.7 Å². The predicted octanol–water partition coefficient (Wildman–Crippen LogP) is 5.98. The van der Waals surface area contributed by atoms with Crippen molar-refractivity contribution in [3.63, 3.8) is 0 Å². The summed E-state index contributed by atoms with van der Waals surface area (Å²) in [5, 5.41) is 0. The second kappa shape index (κ2) is 11.8. The second-order valence-corrected chi connectivity index (χ2v) is 7.23. The molecule has 0 spiro atoms. The van der Waals surface area contributed by atoms with E-state index >= 15 is 0 Å². The molecule has 0 aliphatic carbocycles. The first-order valence-corrected chi connectivity index (χ1v) is 10.8. The van der Waals surface area contributed by atoms with Crippen LogP contribution in [0.1, 0.15) is 47.4 Å². The average molecular weight is 470 g/mol. The van der Waals surface area contributed by atoms with Crippen molar-refractivity contribution < 1.29 is 37.3 Å². The Balaban J connectivity index is 1.61. The van der Waals surface area contributed by atoms with Gasteiger partial charge in [0.1, 0.15) is 34.6 Å². The molecule has 3 aromatic rings. The molecule has 0 radical (unpaired) electrons. The summed E-state index contributed by atoms with van der Waals surface area (Å²) in [5.74, 6) is -2.45. The molecule has 178 valence electrons. The molecule has 0 atom stereocenters. The number of rotatable bonds is 10. The highest BCUT2D eigenvalue weighted by Gasteiger charge is 2.17. The van der Waals surface area contributed by atoms with Gasteiger partial charge in [0.25, 0.3) is 0 Å². The topological polar surface area (TPSA) is 71.1 Å². The zero-order valence-corrected chi connectivity index (χ0v) is 18.8. The number of hydrogen-bond donors (Lipinski definition) is 0. The van der Waals surface area contributed by atoms with E-state index in [-0.39, 0.29) is 22.6 Å². The van der Waals surface area contributed by atoms with Crippen LogP contribution in [0.2, 0.25) is 0 Å². The van der Waals surface area contributed by atoms with E-state index in [9.17, 15) is 18.4 Å². The molecule has 0 aromatic heterocycles. The molecule has 0 heterocycles. The van der Waals surface area contributed by atoms with Gasteiger partial charge in [0, 0.05) is 12.1 Å². The van der Waals surface area contributed by atoms with Crippen LogP contribution in [0.4, 0.5) is 8.78 Å². The summed E-state index contributed by atoms with van der Waals surface area (Å²) >= 11 is 0. The molecular weight excluding hydrogens is 446 g/mol. The first-order chi connectivity index (χ1) is 16.4. The molecule has 0 saturated heterocycles. The Morgan fingerprint density at radius 2 is 0.971 bits per heavy atom. The number of halogens is 2. The average Bonchev–Trinajstić information content (AvgIpc) is 2.82. The van der Waals surface area contributed by atoms with Gasteiger partial charge in [-0.05, 0) is 61.4 Å². The molecule has 3 aromatic carbocycles. The van der Waals surface area contributed by atoms with Crippen molar-refractivity contribution in [1.82, 2.24) is 0 Å². The maximum atomic E-state index is 14.2. The lowest BCUT2D eigenvalue weighted by Gasteiger charge is -2.09. The molecule has 0 aliphatic heterocycles. The van der Waals surface area contributed by atoms with Crippen molar-refractivity contribution in [1.29, 1.82) is 0 Å². The molecule has 0 bridgehead atoms. The van der Waals surface area contributed by atoms with Gasteiger partial charge >= 0.3 is 11.9 Å². The van der Waals surface area contributed by atoms with Gasteiger partial charge in [-0.2, -0.15) is 0 Å². The van der Waals surface area contributed by atoms with Crippen LogP contribution in [-0.4, -0.2) is 25.2 Å². The van der Waals surface area contributed by atoms with E-state index < -0.39 is 23.6 Å². The summed E-state index contributed by atoms with van der Waals surface area (Å²) in [7, 11) is 0. The number of ether oxygens (including phenoxy) is 4. The minimum absolute atomic E-state index is 0.110. The summed E-state index contributed by atoms with van der Waals surface area (Å²) in [6, 6.07) is 13.3. The van der Waals surface area contributed by atoms with Crippen molar-refractivity contribution in [3.8, 4) is 23.0 Å². The van der Waals surface area contributed by atoms with E-state index in [1.54, 1.807) is 0 Å². The zero-order valence-electron chi connectivity index (χ0n) is 18.8. The molecule has 8 heteroatoms. The van der Waals surface area contributed by atoms with Crippen LogP contribution < -0.4 is 18.9 Å². The summed E-state index contributed by atoms with van der Waals surface area (Å²) < 4.78 is 49.5. The first kappa shape index (κ1) is 24.7. The Hall–Kier alpha value is -3.94. The van der Waals surface area contributed by atoms with Crippen molar-refractivity contribution in [2.75, 3.05) is 13.2 Å². The van der Waals surface area contributed by atoms with Crippen LogP contribution >= 0.6 is 0 Å². The Morgan fingerprint density at radius 1 is 0.618 bits per heavy atom. The van der Waals surface area contributed by atoms with Crippen molar-refractivity contribution in [3.05, 3.63) is 83.4 Å². The summed E-state index contributed by atoms with van der Waals surface area (Å²) in [6.07, 6.45) is 1.54. The highest BCUT2D eigenvalue weighted by molar-refractivity contribution is 5.92. The fraction of sp³-hybridized carbons (Fsp3) is 0.231. The third-order valence-corrected chi connectivity index (χ3v) is 4.51. The minimum Gasteiger partial charge on any atom is -0.494 e. The van der Waals surface area contributed by atoms with Gasteiger partial charge in [-0.3, -0.25) is 0 Å². The van der Waals surface area contributed by atoms with Crippen LogP contribution in [-0.2, 0) is 0 Å². The number of esters is 2. The minimum atomic E-state index is -0.892. The van der Waals surface area contributed by atoms with Crippen LogP contribution in [0.15, 0.2) is 60.7 Å². The maximum Gasteiger partial charge on any atom is 0.346 e. The Labute approximate surface area is 196 Å². The van der Waals surface area contributed by atoms with E-state index in [1.807, 2.05) is 13.8 Å². The molecular formula is C26H24F2O6. The number of benzene rings is 3. The smallest absolute Gasteiger partial charge is 0.346 e. The molecule has 0 unspecified atom stereocenters. The van der Waals surface area contributed by atoms with E-state index in [4.69, 9.17) is 18.9 Å². The maximum absolute atomic E-state index is 14.2. The van der Waals surface area contributed by atoms with E-state index in [2.05, 4.69) is 0 Å². The van der Waals surface area contributed by atoms with Crippen LogP contribution in [0.3, 0.4) is 0 Å². The Bertz CT molecular complexity index is 1050. The molecule has 0 aliphatic rings. The molecule has 0 N–H and O–H groups in total. The quantitative estimate of drug-likeness (QED) is 0.268. The van der Waals surface area contributed by atoms with Crippen LogP contribution in [0, 0.1) is 11.6 Å². The number of carbonyl (C=O) groups excluding carboxylic acids is 2. The third kappa shape index (κ3) is 6.54. The lowest BCUT2D eigenvalue weighted by molar-refractivity contribution is 0.0714. The number of carbonyl (C=O) groups is 2. The summed E-state index contributed by atoms with van der Waals surface area (Å²) in [5.41, 5.74) is -0.498. The lowest BCUT2D eigenvalue weighted by Crippen LogP contribution is -2.12. The summed E-state index contributed by atoms with van der Waals surface area (Å²) in [4.78, 5) is 24.6. The highest BCUT2D eigenvalue weighted by Crippen LogP contribution is 2.23. The van der Waals surface area contributed by atoms with Crippen LogP contribution in [0.25, 0.3) is 0 Å². The second-order valence-electron chi connectivity index (χ2n) is 7.23. The largest absolute Gasteiger partial charge is 0.494 e. The van der Waals surface area contributed by atoms with Gasteiger partial charge in [0.2, 0.25) is 0 Å². The van der Waals surface area contributed by atoms with Gasteiger partial charge in [-0.15, -0.1) is 0 Å².